The van der Waals surface area contributed by atoms with Crippen LogP contribution in [0.3, 0.4) is 0 Å². The molecule has 160 valence electrons. The van der Waals surface area contributed by atoms with E-state index in [4.69, 9.17) is 0 Å². The Morgan fingerprint density at radius 3 is 2.40 bits per heavy atom. The summed E-state index contributed by atoms with van der Waals surface area (Å²) in [5.41, 5.74) is 2.48. The Kier molecular flexibility index (Phi) is 6.49. The zero-order valence-electron chi connectivity index (χ0n) is 17.9. The second-order valence-electron chi connectivity index (χ2n) is 8.74. The molecule has 2 heterocycles. The molecule has 0 atom stereocenters. The van der Waals surface area contributed by atoms with Crippen LogP contribution in [-0.4, -0.2) is 41.5 Å². The highest BCUT2D eigenvalue weighted by Crippen LogP contribution is 2.33. The minimum Gasteiger partial charge on any atom is -0.341 e. The summed E-state index contributed by atoms with van der Waals surface area (Å²) in [5, 5.41) is 1.02. The first kappa shape index (κ1) is 21.4. The van der Waals surface area contributed by atoms with Gasteiger partial charge < -0.3 is 9.05 Å². The molecule has 1 aromatic heterocycles. The van der Waals surface area contributed by atoms with Crippen LogP contribution >= 0.6 is 11.8 Å². The normalized spacial score (nSPS) is 21.9. The number of quaternary nitrogens is 1. The number of hydrogen-bond acceptors (Lipinski definition) is 1. The molecule has 30 heavy (non-hydrogen) atoms. The van der Waals surface area contributed by atoms with Crippen molar-refractivity contribution in [3.05, 3.63) is 65.9 Å². The predicted octanol–water partition coefficient (Wildman–Crippen LogP) is 6.45. The van der Waals surface area contributed by atoms with E-state index in [-0.39, 0.29) is 11.6 Å². The summed E-state index contributed by atoms with van der Waals surface area (Å²) >= 11 is 1.81. The van der Waals surface area contributed by atoms with E-state index in [2.05, 4.69) is 24.6 Å². The Morgan fingerprint density at radius 2 is 1.70 bits per heavy atom. The average Bonchev–Trinajstić information content (AvgIpc) is 3.11. The fourth-order valence-corrected chi connectivity index (χ4v) is 5.63. The Balaban J connectivity index is 1.34. The molecule has 0 aliphatic carbocycles. The number of benzene rings is 2. The van der Waals surface area contributed by atoms with Gasteiger partial charge in [-0.15, -0.1) is 11.8 Å². The lowest BCUT2D eigenvalue weighted by atomic mass is 10.0. The van der Waals surface area contributed by atoms with Gasteiger partial charge in [0.25, 0.3) is 0 Å². The first-order valence-corrected chi connectivity index (χ1v) is 12.0. The van der Waals surface area contributed by atoms with Gasteiger partial charge >= 0.3 is 0 Å². The van der Waals surface area contributed by atoms with Crippen LogP contribution in [0.25, 0.3) is 10.9 Å². The number of halogens is 2. The van der Waals surface area contributed by atoms with Crippen molar-refractivity contribution in [3.8, 4) is 0 Å². The standard InChI is InChI=1S/C25H31F2N2S/c1-3-22-18-19-17-21(27)7-10-25(19)28(22)23-11-14-29(2,15-12-23)13-4-16-30-24-8-5-20(26)6-9-24/h5-10,17-18,23H,3-4,11-16H2,1-2H3/q+1. The van der Waals surface area contributed by atoms with Crippen molar-refractivity contribution in [2.75, 3.05) is 32.4 Å². The van der Waals surface area contributed by atoms with Gasteiger partial charge in [-0.25, -0.2) is 8.78 Å². The zero-order valence-corrected chi connectivity index (χ0v) is 18.7. The van der Waals surface area contributed by atoms with Crippen molar-refractivity contribution >= 4 is 22.7 Å². The zero-order chi connectivity index (χ0) is 21.1. The fourth-order valence-electron chi connectivity index (χ4n) is 4.79. The molecule has 1 fully saturated rings. The highest BCUT2D eigenvalue weighted by atomic mass is 32.2. The summed E-state index contributed by atoms with van der Waals surface area (Å²) in [7, 11) is 2.38. The molecule has 0 saturated carbocycles. The van der Waals surface area contributed by atoms with Crippen LogP contribution in [0, 0.1) is 11.6 Å². The van der Waals surface area contributed by atoms with Gasteiger partial charge in [0.2, 0.25) is 0 Å². The Bertz CT molecular complexity index is 988. The summed E-state index contributed by atoms with van der Waals surface area (Å²) in [6.07, 6.45) is 4.46. The van der Waals surface area contributed by atoms with Crippen LogP contribution in [0.2, 0.25) is 0 Å². The van der Waals surface area contributed by atoms with Crippen LogP contribution in [0.4, 0.5) is 8.78 Å². The Labute approximate surface area is 182 Å². The molecule has 1 aliphatic heterocycles. The number of aryl methyl sites for hydroxylation is 1. The quantitative estimate of drug-likeness (QED) is 0.237. The molecule has 4 rings (SSSR count). The minimum absolute atomic E-state index is 0.159. The maximum absolute atomic E-state index is 13.7. The molecule has 1 saturated heterocycles. The maximum Gasteiger partial charge on any atom is 0.123 e. The average molecular weight is 430 g/mol. The van der Waals surface area contributed by atoms with Crippen molar-refractivity contribution in [2.45, 2.75) is 43.5 Å². The smallest absolute Gasteiger partial charge is 0.123 e. The van der Waals surface area contributed by atoms with Gasteiger partial charge in [0.1, 0.15) is 11.6 Å². The molecule has 0 bridgehead atoms. The Morgan fingerprint density at radius 1 is 1.00 bits per heavy atom. The van der Waals surface area contributed by atoms with Crippen LogP contribution in [0.1, 0.15) is 37.9 Å². The van der Waals surface area contributed by atoms with Crippen molar-refractivity contribution in [1.29, 1.82) is 0 Å². The molecular weight excluding hydrogens is 398 g/mol. The largest absolute Gasteiger partial charge is 0.341 e. The van der Waals surface area contributed by atoms with Crippen LogP contribution in [-0.2, 0) is 6.42 Å². The van der Waals surface area contributed by atoms with Crippen LogP contribution < -0.4 is 0 Å². The van der Waals surface area contributed by atoms with Crippen molar-refractivity contribution in [2.24, 2.45) is 0 Å². The second kappa shape index (κ2) is 9.11. The molecule has 0 unspecified atom stereocenters. The summed E-state index contributed by atoms with van der Waals surface area (Å²) in [5.74, 6) is 0.734. The molecule has 0 N–H and O–H groups in total. The number of fused-ring (bicyclic) bond motifs is 1. The lowest BCUT2D eigenvalue weighted by Gasteiger charge is -2.41. The third-order valence-corrected chi connectivity index (χ3v) is 7.64. The lowest BCUT2D eigenvalue weighted by molar-refractivity contribution is -0.914. The van der Waals surface area contributed by atoms with E-state index in [1.165, 1.54) is 43.0 Å². The summed E-state index contributed by atoms with van der Waals surface area (Å²) in [6, 6.07) is 14.6. The van der Waals surface area contributed by atoms with Crippen LogP contribution in [0.5, 0.6) is 0 Å². The van der Waals surface area contributed by atoms with Crippen LogP contribution in [0.15, 0.2) is 53.4 Å². The molecule has 0 radical (unpaired) electrons. The summed E-state index contributed by atoms with van der Waals surface area (Å²) in [4.78, 5) is 1.14. The highest BCUT2D eigenvalue weighted by molar-refractivity contribution is 7.99. The van der Waals surface area contributed by atoms with Gasteiger partial charge in [-0.05, 0) is 55.0 Å². The number of hydrogen-bond donors (Lipinski definition) is 0. The van der Waals surface area contributed by atoms with Gasteiger partial charge in [0.15, 0.2) is 0 Å². The van der Waals surface area contributed by atoms with Gasteiger partial charge in [-0.2, -0.15) is 0 Å². The van der Waals surface area contributed by atoms with Crippen molar-refractivity contribution in [3.63, 3.8) is 0 Å². The summed E-state index contributed by atoms with van der Waals surface area (Å²) in [6.45, 7) is 5.72. The number of piperidine rings is 1. The number of likely N-dealkylation sites (tertiary alicyclic amines) is 1. The van der Waals surface area contributed by atoms with E-state index in [9.17, 15) is 8.78 Å². The van der Waals surface area contributed by atoms with Crippen molar-refractivity contribution < 1.29 is 13.3 Å². The lowest BCUT2D eigenvalue weighted by Crippen LogP contribution is -2.50. The summed E-state index contributed by atoms with van der Waals surface area (Å²) < 4.78 is 30.3. The monoisotopic (exact) mass is 429 g/mol. The SMILES string of the molecule is CCc1cc2cc(F)ccc2n1C1CC[N+](C)(CCCSc2ccc(F)cc2)CC1. The maximum atomic E-state index is 13.7. The van der Waals surface area contributed by atoms with Gasteiger partial charge in [-0.3, -0.25) is 0 Å². The number of nitrogens with zero attached hydrogens (tertiary/aromatic N) is 2. The molecule has 0 amide bonds. The minimum atomic E-state index is -0.174. The van der Waals surface area contributed by atoms with E-state index in [0.29, 0.717) is 6.04 Å². The number of rotatable bonds is 7. The van der Waals surface area contributed by atoms with E-state index in [1.54, 1.807) is 12.1 Å². The third kappa shape index (κ3) is 4.73. The molecule has 0 spiro atoms. The van der Waals surface area contributed by atoms with E-state index < -0.39 is 0 Å². The highest BCUT2D eigenvalue weighted by Gasteiger charge is 2.31. The Hall–Kier alpha value is -1.85. The third-order valence-electron chi connectivity index (χ3n) is 6.54. The van der Waals surface area contributed by atoms with E-state index in [1.807, 2.05) is 30.0 Å². The van der Waals surface area contributed by atoms with Gasteiger partial charge in [0.05, 0.1) is 26.7 Å². The predicted molar refractivity (Wildman–Crippen MR) is 122 cm³/mol. The molecule has 2 nitrogen and oxygen atoms in total. The van der Waals surface area contributed by atoms with Gasteiger partial charge in [0, 0.05) is 52.5 Å². The number of thioether (sulfide) groups is 1. The fraction of sp³-hybridized carbons (Fsp3) is 0.440. The molecular formula is C25H31F2N2S+. The number of aromatic nitrogens is 1. The molecule has 1 aliphatic rings. The first-order chi connectivity index (χ1) is 14.5. The van der Waals surface area contributed by atoms with Crippen molar-refractivity contribution in [1.82, 2.24) is 4.57 Å². The topological polar surface area (TPSA) is 4.93 Å². The second-order valence-corrected chi connectivity index (χ2v) is 9.91. The molecule has 2 aromatic carbocycles. The van der Waals surface area contributed by atoms with E-state index >= 15 is 0 Å². The molecule has 3 aromatic rings. The van der Waals surface area contributed by atoms with Gasteiger partial charge in [-0.1, -0.05) is 6.92 Å². The first-order valence-electron chi connectivity index (χ1n) is 11.0. The van der Waals surface area contributed by atoms with E-state index in [0.717, 1.165) is 46.2 Å². The molecule has 5 heteroatoms.